The van der Waals surface area contributed by atoms with Gasteiger partial charge in [0.25, 0.3) is 0 Å². The van der Waals surface area contributed by atoms with E-state index in [-0.39, 0.29) is 5.91 Å². The molecule has 1 aromatic carbocycles. The van der Waals surface area contributed by atoms with E-state index in [1.54, 1.807) is 23.7 Å². The van der Waals surface area contributed by atoms with Gasteiger partial charge in [0.05, 0.1) is 10.7 Å². The first kappa shape index (κ1) is 16.6. The number of carbonyl (C=O) groups excluding carboxylic acids is 1. The summed E-state index contributed by atoms with van der Waals surface area (Å²) in [7, 11) is 3.50. The van der Waals surface area contributed by atoms with Gasteiger partial charge in [-0.1, -0.05) is 23.2 Å². The summed E-state index contributed by atoms with van der Waals surface area (Å²) in [5, 5.41) is 5.30. The minimum atomic E-state index is -0.747. The van der Waals surface area contributed by atoms with Gasteiger partial charge in [-0.25, -0.2) is 0 Å². The molecule has 22 heavy (non-hydrogen) atoms. The van der Waals surface area contributed by atoms with Gasteiger partial charge in [-0.05, 0) is 45.4 Å². The molecule has 2 rings (SSSR count). The van der Waals surface area contributed by atoms with E-state index in [4.69, 9.17) is 11.6 Å². The highest BCUT2D eigenvalue weighted by Crippen LogP contribution is 2.31. The quantitative estimate of drug-likeness (QED) is 0.866. The first-order chi connectivity index (χ1) is 10.1. The SMILES string of the molecule is Cc1ccc(Cl)c(-c2nn(C(C)(C)C(=O)N(C)C)cc2C)c1. The predicted octanol–water partition coefficient (Wildman–Crippen LogP) is 3.64. The van der Waals surface area contributed by atoms with E-state index in [0.717, 1.165) is 22.4 Å². The second kappa shape index (κ2) is 5.76. The van der Waals surface area contributed by atoms with Crippen molar-refractivity contribution in [2.24, 2.45) is 0 Å². The Morgan fingerprint density at radius 3 is 2.50 bits per heavy atom. The van der Waals surface area contributed by atoms with Gasteiger partial charge < -0.3 is 4.90 Å². The molecule has 5 heteroatoms. The van der Waals surface area contributed by atoms with E-state index in [1.165, 1.54) is 0 Å². The lowest BCUT2D eigenvalue weighted by atomic mass is 10.0. The maximum atomic E-state index is 12.4. The minimum Gasteiger partial charge on any atom is -0.347 e. The zero-order chi connectivity index (χ0) is 16.7. The van der Waals surface area contributed by atoms with E-state index >= 15 is 0 Å². The molecule has 0 radical (unpaired) electrons. The molecule has 0 aliphatic heterocycles. The van der Waals surface area contributed by atoms with Crippen molar-refractivity contribution in [1.82, 2.24) is 14.7 Å². The van der Waals surface area contributed by atoms with Crippen molar-refractivity contribution >= 4 is 17.5 Å². The molecule has 0 unspecified atom stereocenters. The largest absolute Gasteiger partial charge is 0.347 e. The van der Waals surface area contributed by atoms with Crippen LogP contribution >= 0.6 is 11.6 Å². The van der Waals surface area contributed by atoms with Crippen LogP contribution in [-0.4, -0.2) is 34.7 Å². The van der Waals surface area contributed by atoms with Crippen molar-refractivity contribution in [3.63, 3.8) is 0 Å². The number of hydrogen-bond acceptors (Lipinski definition) is 2. The smallest absolute Gasteiger partial charge is 0.249 e. The number of halogens is 1. The van der Waals surface area contributed by atoms with Crippen molar-refractivity contribution < 1.29 is 4.79 Å². The lowest BCUT2D eigenvalue weighted by molar-refractivity contribution is -0.137. The van der Waals surface area contributed by atoms with Crippen LogP contribution in [0.4, 0.5) is 0 Å². The lowest BCUT2D eigenvalue weighted by Gasteiger charge is -2.27. The van der Waals surface area contributed by atoms with Crippen LogP contribution in [0, 0.1) is 13.8 Å². The number of rotatable bonds is 3. The highest BCUT2D eigenvalue weighted by Gasteiger charge is 2.32. The Bertz CT molecular complexity index is 717. The molecular formula is C17H22ClN3O. The number of amides is 1. The first-order valence-corrected chi connectivity index (χ1v) is 7.57. The topological polar surface area (TPSA) is 38.1 Å². The fourth-order valence-corrected chi connectivity index (χ4v) is 2.69. The van der Waals surface area contributed by atoms with Gasteiger partial charge in [0.2, 0.25) is 5.91 Å². The molecule has 0 fully saturated rings. The lowest BCUT2D eigenvalue weighted by Crippen LogP contribution is -2.44. The average Bonchev–Trinajstić information content (AvgIpc) is 2.83. The molecule has 0 bridgehead atoms. The summed E-state index contributed by atoms with van der Waals surface area (Å²) in [6.07, 6.45) is 1.90. The maximum absolute atomic E-state index is 12.4. The van der Waals surface area contributed by atoms with Crippen LogP contribution in [-0.2, 0) is 10.3 Å². The van der Waals surface area contributed by atoms with E-state index in [2.05, 4.69) is 5.10 Å². The van der Waals surface area contributed by atoms with Gasteiger partial charge in [-0.2, -0.15) is 5.10 Å². The van der Waals surface area contributed by atoms with Gasteiger partial charge in [-0.15, -0.1) is 0 Å². The summed E-state index contributed by atoms with van der Waals surface area (Å²) in [4.78, 5) is 14.0. The monoisotopic (exact) mass is 319 g/mol. The number of aryl methyl sites for hydroxylation is 2. The highest BCUT2D eigenvalue weighted by molar-refractivity contribution is 6.33. The number of nitrogens with zero attached hydrogens (tertiary/aromatic N) is 3. The normalized spacial score (nSPS) is 11.6. The summed E-state index contributed by atoms with van der Waals surface area (Å²) < 4.78 is 1.72. The van der Waals surface area contributed by atoms with Gasteiger partial charge in [0.1, 0.15) is 5.54 Å². The zero-order valence-electron chi connectivity index (χ0n) is 13.9. The second-order valence-corrected chi connectivity index (χ2v) is 6.75. The third kappa shape index (κ3) is 2.88. The van der Waals surface area contributed by atoms with Crippen LogP contribution in [0.1, 0.15) is 25.0 Å². The standard InChI is InChI=1S/C17H22ClN3O/c1-11-7-8-14(18)13(9-11)15-12(2)10-21(19-15)17(3,4)16(22)20(5)6/h7-10H,1-6H3. The Hall–Kier alpha value is -1.81. The van der Waals surface area contributed by atoms with Crippen molar-refractivity contribution in [3.8, 4) is 11.3 Å². The molecule has 0 spiro atoms. The summed E-state index contributed by atoms with van der Waals surface area (Å²) in [6.45, 7) is 7.73. The molecular weight excluding hydrogens is 298 g/mol. The molecule has 1 heterocycles. The third-order valence-electron chi connectivity index (χ3n) is 3.78. The van der Waals surface area contributed by atoms with Gasteiger partial charge >= 0.3 is 0 Å². The first-order valence-electron chi connectivity index (χ1n) is 7.19. The van der Waals surface area contributed by atoms with E-state index in [0.29, 0.717) is 5.02 Å². The van der Waals surface area contributed by atoms with Crippen molar-refractivity contribution in [1.29, 1.82) is 0 Å². The Balaban J connectivity index is 2.53. The molecule has 0 saturated carbocycles. The number of likely N-dealkylation sites (N-methyl/N-ethyl adjacent to an activating group) is 1. The van der Waals surface area contributed by atoms with Gasteiger partial charge in [-0.3, -0.25) is 9.48 Å². The highest BCUT2D eigenvalue weighted by atomic mass is 35.5. The number of carbonyl (C=O) groups is 1. The third-order valence-corrected chi connectivity index (χ3v) is 4.11. The van der Waals surface area contributed by atoms with Gasteiger partial charge in [0.15, 0.2) is 0 Å². The number of benzene rings is 1. The second-order valence-electron chi connectivity index (χ2n) is 6.35. The van der Waals surface area contributed by atoms with Crippen LogP contribution in [0.3, 0.4) is 0 Å². The predicted molar refractivity (Wildman–Crippen MR) is 90.2 cm³/mol. The molecule has 4 nitrogen and oxygen atoms in total. The zero-order valence-corrected chi connectivity index (χ0v) is 14.7. The molecule has 0 atom stereocenters. The van der Waals surface area contributed by atoms with E-state index in [1.807, 2.05) is 52.1 Å². The fourth-order valence-electron chi connectivity index (χ4n) is 2.48. The van der Waals surface area contributed by atoms with Crippen LogP contribution in [0.5, 0.6) is 0 Å². The van der Waals surface area contributed by atoms with Crippen molar-refractivity contribution in [2.45, 2.75) is 33.2 Å². The molecule has 0 aliphatic rings. The molecule has 1 aromatic heterocycles. The maximum Gasteiger partial charge on any atom is 0.249 e. The Morgan fingerprint density at radius 2 is 1.91 bits per heavy atom. The van der Waals surface area contributed by atoms with E-state index < -0.39 is 5.54 Å². The molecule has 2 aromatic rings. The van der Waals surface area contributed by atoms with Crippen molar-refractivity contribution in [3.05, 3.63) is 40.5 Å². The van der Waals surface area contributed by atoms with Crippen molar-refractivity contribution in [2.75, 3.05) is 14.1 Å². The summed E-state index contributed by atoms with van der Waals surface area (Å²) in [5.41, 5.74) is 3.08. The molecule has 0 aliphatic carbocycles. The number of hydrogen-bond donors (Lipinski definition) is 0. The Kier molecular flexibility index (Phi) is 4.34. The molecule has 0 saturated heterocycles. The Labute approximate surface area is 136 Å². The molecule has 118 valence electrons. The summed E-state index contributed by atoms with van der Waals surface area (Å²) in [6, 6.07) is 5.86. The van der Waals surface area contributed by atoms with Gasteiger partial charge in [0, 0.05) is 25.9 Å². The summed E-state index contributed by atoms with van der Waals surface area (Å²) >= 11 is 6.31. The van der Waals surface area contributed by atoms with Crippen LogP contribution < -0.4 is 0 Å². The fraction of sp³-hybridized carbons (Fsp3) is 0.412. The number of aromatic nitrogens is 2. The molecule has 1 amide bonds. The van der Waals surface area contributed by atoms with E-state index in [9.17, 15) is 4.79 Å². The van der Waals surface area contributed by atoms with Crippen LogP contribution in [0.25, 0.3) is 11.3 Å². The van der Waals surface area contributed by atoms with Crippen LogP contribution in [0.15, 0.2) is 24.4 Å². The summed E-state index contributed by atoms with van der Waals surface area (Å²) in [5.74, 6) is -0.00288. The van der Waals surface area contributed by atoms with Crippen LogP contribution in [0.2, 0.25) is 5.02 Å². The minimum absolute atomic E-state index is 0.00288. The Morgan fingerprint density at radius 1 is 1.27 bits per heavy atom. The molecule has 0 N–H and O–H groups in total. The average molecular weight is 320 g/mol.